The minimum absolute atomic E-state index is 0.0470. The number of allylic oxidation sites excluding steroid dienone is 1. The summed E-state index contributed by atoms with van der Waals surface area (Å²) < 4.78 is 0. The molecule has 0 amide bonds. The molecule has 0 aromatic carbocycles. The highest BCUT2D eigenvalue weighted by Gasteiger charge is 2.82. The lowest BCUT2D eigenvalue weighted by atomic mass is 9.41. The number of rotatable bonds is 6. The van der Waals surface area contributed by atoms with Crippen LogP contribution in [0.1, 0.15) is 112 Å². The van der Waals surface area contributed by atoms with Gasteiger partial charge in [-0.3, -0.25) is 0 Å². The smallest absolute Gasteiger partial charge is 0.0594 e. The van der Waals surface area contributed by atoms with E-state index >= 15 is 0 Å². The Bertz CT molecular complexity index is 799. The van der Waals surface area contributed by atoms with E-state index in [0.717, 1.165) is 18.8 Å². The Kier molecular flexibility index (Phi) is 5.60. The molecule has 5 saturated carbocycles. The van der Waals surface area contributed by atoms with Crippen molar-refractivity contribution in [3.8, 4) is 0 Å². The van der Waals surface area contributed by atoms with Gasteiger partial charge in [0, 0.05) is 12.0 Å². The highest BCUT2D eigenvalue weighted by atomic mass is 16.3. The molecule has 0 aromatic rings. The van der Waals surface area contributed by atoms with Crippen molar-refractivity contribution in [2.45, 2.75) is 118 Å². The predicted octanol–water partition coefficient (Wildman–Crippen LogP) is 7.39. The van der Waals surface area contributed by atoms with Crippen LogP contribution in [0.25, 0.3) is 0 Å². The van der Waals surface area contributed by atoms with Crippen LogP contribution in [0.4, 0.5) is 0 Å². The Morgan fingerprint density at radius 2 is 1.58 bits per heavy atom. The molecular weight excluding hydrogens is 404 g/mol. The molecule has 9 atom stereocenters. The fourth-order valence-corrected chi connectivity index (χ4v) is 11.3. The molecule has 0 heterocycles. The van der Waals surface area contributed by atoms with Crippen LogP contribution in [0.3, 0.4) is 0 Å². The number of aliphatic hydroxyl groups excluding tert-OH is 2. The molecule has 2 N–H and O–H groups in total. The molecule has 0 radical (unpaired) electrons. The van der Waals surface area contributed by atoms with Crippen LogP contribution in [0.2, 0.25) is 0 Å². The quantitative estimate of drug-likeness (QED) is 0.409. The molecule has 5 aliphatic carbocycles. The maximum absolute atomic E-state index is 11.2. The average molecular weight is 457 g/mol. The first-order chi connectivity index (χ1) is 15.4. The summed E-state index contributed by atoms with van der Waals surface area (Å²) >= 11 is 0. The molecule has 0 saturated heterocycles. The van der Waals surface area contributed by atoms with Crippen LogP contribution in [-0.4, -0.2) is 22.9 Å². The van der Waals surface area contributed by atoms with Gasteiger partial charge in [-0.1, -0.05) is 53.7 Å². The van der Waals surface area contributed by atoms with Crippen molar-refractivity contribution in [1.82, 2.24) is 0 Å². The van der Waals surface area contributed by atoms with E-state index in [4.69, 9.17) is 0 Å². The van der Waals surface area contributed by atoms with E-state index in [0.29, 0.717) is 41.1 Å². The van der Waals surface area contributed by atoms with Crippen molar-refractivity contribution in [2.24, 2.45) is 56.7 Å². The SMILES string of the molecule is C=C(CC[C@@H](C)[C@H]1CC[C@]2(CO)[C@H]3CC[C@@H]4C(C)(C)C(O)CC[C@@]45C[C@@]35CC[C@]12C)C(C)C. The van der Waals surface area contributed by atoms with Gasteiger partial charge >= 0.3 is 0 Å². The van der Waals surface area contributed by atoms with Crippen LogP contribution in [0.15, 0.2) is 12.2 Å². The van der Waals surface area contributed by atoms with Crippen molar-refractivity contribution < 1.29 is 10.2 Å². The molecule has 1 unspecified atom stereocenters. The van der Waals surface area contributed by atoms with Gasteiger partial charge in [-0.2, -0.15) is 0 Å². The zero-order valence-corrected chi connectivity index (χ0v) is 22.6. The van der Waals surface area contributed by atoms with Gasteiger partial charge in [-0.25, -0.2) is 0 Å². The third-order valence-electron chi connectivity index (χ3n) is 13.5. The third-order valence-corrected chi connectivity index (χ3v) is 13.5. The van der Waals surface area contributed by atoms with Crippen LogP contribution >= 0.6 is 0 Å². The zero-order valence-electron chi connectivity index (χ0n) is 22.6. The van der Waals surface area contributed by atoms with Gasteiger partial charge < -0.3 is 10.2 Å². The van der Waals surface area contributed by atoms with Crippen LogP contribution in [0, 0.1) is 56.7 Å². The lowest BCUT2D eigenvalue weighted by molar-refractivity contribution is -0.179. The van der Waals surface area contributed by atoms with Gasteiger partial charge in [0.25, 0.3) is 0 Å². The molecule has 33 heavy (non-hydrogen) atoms. The second-order valence-electron chi connectivity index (χ2n) is 14.8. The van der Waals surface area contributed by atoms with E-state index in [1.54, 1.807) is 0 Å². The zero-order chi connectivity index (χ0) is 24.0. The molecule has 0 bridgehead atoms. The van der Waals surface area contributed by atoms with Gasteiger partial charge in [-0.05, 0) is 122 Å². The lowest BCUT2D eigenvalue weighted by Gasteiger charge is -2.63. The highest BCUT2D eigenvalue weighted by Crippen LogP contribution is 2.89. The molecule has 0 aromatic heterocycles. The number of fused-ring (bicyclic) bond motifs is 2. The Morgan fingerprint density at radius 1 is 0.909 bits per heavy atom. The Hall–Kier alpha value is -0.340. The molecule has 2 spiro atoms. The first kappa shape index (κ1) is 24.4. The number of hydrogen-bond acceptors (Lipinski definition) is 2. The summed E-state index contributed by atoms with van der Waals surface area (Å²) in [6.07, 6.45) is 13.7. The second kappa shape index (κ2) is 7.58. The summed E-state index contributed by atoms with van der Waals surface area (Å²) in [5.74, 6) is 3.39. The van der Waals surface area contributed by atoms with Gasteiger partial charge in [0.05, 0.1) is 6.10 Å². The van der Waals surface area contributed by atoms with Crippen molar-refractivity contribution in [3.63, 3.8) is 0 Å². The van der Waals surface area contributed by atoms with E-state index in [2.05, 4.69) is 48.1 Å². The van der Waals surface area contributed by atoms with Crippen molar-refractivity contribution in [3.05, 3.63) is 12.2 Å². The maximum atomic E-state index is 11.2. The van der Waals surface area contributed by atoms with Gasteiger partial charge in [0.1, 0.15) is 0 Å². The van der Waals surface area contributed by atoms with Gasteiger partial charge in [-0.15, -0.1) is 0 Å². The van der Waals surface area contributed by atoms with Crippen LogP contribution in [0.5, 0.6) is 0 Å². The van der Waals surface area contributed by atoms with Gasteiger partial charge in [0.15, 0.2) is 0 Å². The van der Waals surface area contributed by atoms with Crippen molar-refractivity contribution in [1.29, 1.82) is 0 Å². The maximum Gasteiger partial charge on any atom is 0.0594 e. The summed E-state index contributed by atoms with van der Waals surface area (Å²) in [6, 6.07) is 0. The first-order valence-corrected chi connectivity index (χ1v) is 14.4. The Balaban J connectivity index is 1.42. The topological polar surface area (TPSA) is 40.5 Å². The lowest BCUT2D eigenvalue weighted by Crippen LogP contribution is -2.59. The Labute approximate surface area is 204 Å². The summed E-state index contributed by atoms with van der Waals surface area (Å²) in [6.45, 7) is 19.1. The van der Waals surface area contributed by atoms with E-state index in [9.17, 15) is 10.2 Å². The minimum atomic E-state index is -0.139. The summed E-state index contributed by atoms with van der Waals surface area (Å²) in [5.41, 5.74) is 2.76. The average Bonchev–Trinajstić information content (AvgIpc) is 3.33. The van der Waals surface area contributed by atoms with E-state index < -0.39 is 0 Å². The molecule has 2 heteroatoms. The fraction of sp³-hybridized carbons (Fsp3) is 0.935. The van der Waals surface area contributed by atoms with E-state index in [1.807, 2.05) is 0 Å². The molecule has 5 rings (SSSR count). The fourth-order valence-electron chi connectivity index (χ4n) is 11.3. The first-order valence-electron chi connectivity index (χ1n) is 14.4. The monoisotopic (exact) mass is 456 g/mol. The Morgan fingerprint density at radius 3 is 2.24 bits per heavy atom. The molecule has 188 valence electrons. The highest BCUT2D eigenvalue weighted by molar-refractivity contribution is 5.31. The summed E-state index contributed by atoms with van der Waals surface area (Å²) in [7, 11) is 0. The van der Waals surface area contributed by atoms with Crippen LogP contribution < -0.4 is 0 Å². The normalized spacial score (nSPS) is 50.7. The molecule has 2 nitrogen and oxygen atoms in total. The molecule has 5 fully saturated rings. The standard InChI is InChI=1S/C31H52O2/c1-20(2)21(3)8-9-22(4)23-12-14-31(19-32)25-11-10-24-27(5,6)26(33)13-15-29(24)18-30(25,29)17-16-28(23,31)7/h20,22-26,32-33H,3,8-19H2,1-2,4-7H3/t22-,23-,24-,25+,26?,28-,29-,30+,31+/m1/s1. The molecule has 5 aliphatic rings. The predicted molar refractivity (Wildman–Crippen MR) is 137 cm³/mol. The number of aliphatic hydroxyl groups is 2. The van der Waals surface area contributed by atoms with Crippen molar-refractivity contribution >= 4 is 0 Å². The second-order valence-corrected chi connectivity index (χ2v) is 14.8. The number of hydrogen-bond donors (Lipinski definition) is 2. The largest absolute Gasteiger partial charge is 0.396 e. The van der Waals surface area contributed by atoms with Gasteiger partial charge in [0.2, 0.25) is 0 Å². The van der Waals surface area contributed by atoms with Crippen molar-refractivity contribution in [2.75, 3.05) is 6.61 Å². The summed E-state index contributed by atoms with van der Waals surface area (Å²) in [5, 5.41) is 22.0. The molecular formula is C31H52O2. The molecule has 0 aliphatic heterocycles. The van der Waals surface area contributed by atoms with Crippen LogP contribution in [-0.2, 0) is 0 Å². The van der Waals surface area contributed by atoms with E-state index in [-0.39, 0.29) is 22.3 Å². The third kappa shape index (κ3) is 2.92. The summed E-state index contributed by atoms with van der Waals surface area (Å²) in [4.78, 5) is 0. The van der Waals surface area contributed by atoms with E-state index in [1.165, 1.54) is 63.4 Å². The minimum Gasteiger partial charge on any atom is -0.396 e.